The molecule has 0 amide bonds. The van der Waals surface area contributed by atoms with Gasteiger partial charge in [-0.1, -0.05) is 60.7 Å². The quantitative estimate of drug-likeness (QED) is 0.689. The van der Waals surface area contributed by atoms with E-state index in [0.29, 0.717) is 0 Å². The number of pyridine rings is 1. The molecule has 98 valence electrons. The standard InChI is InChI=1S/C18H15NO/c1-19-13-17(15-10-6-3-7-11-15)16(12-18(19)20)14-8-4-2-5-9-14/h2-13H,1H3. The van der Waals surface area contributed by atoms with Crippen molar-refractivity contribution in [2.24, 2.45) is 7.05 Å². The minimum absolute atomic E-state index is 0.00327. The van der Waals surface area contributed by atoms with Crippen molar-refractivity contribution < 1.29 is 0 Å². The van der Waals surface area contributed by atoms with Gasteiger partial charge in [-0.05, 0) is 16.7 Å². The lowest BCUT2D eigenvalue weighted by Gasteiger charge is -2.11. The van der Waals surface area contributed by atoms with Crippen LogP contribution in [0.4, 0.5) is 0 Å². The van der Waals surface area contributed by atoms with Gasteiger partial charge in [-0.15, -0.1) is 0 Å². The zero-order valence-corrected chi connectivity index (χ0v) is 11.3. The number of hydrogen-bond acceptors (Lipinski definition) is 1. The van der Waals surface area contributed by atoms with Crippen LogP contribution in [0.25, 0.3) is 22.3 Å². The average molecular weight is 261 g/mol. The van der Waals surface area contributed by atoms with Crippen LogP contribution < -0.4 is 5.56 Å². The Morgan fingerprint density at radius 2 is 1.25 bits per heavy atom. The smallest absolute Gasteiger partial charge is 0.250 e. The highest BCUT2D eigenvalue weighted by Crippen LogP contribution is 2.30. The molecule has 0 spiro atoms. The van der Waals surface area contributed by atoms with Crippen LogP contribution in [0.3, 0.4) is 0 Å². The SMILES string of the molecule is Cn1cc(-c2ccccc2)c(-c2ccccc2)cc1=O. The van der Waals surface area contributed by atoms with Crippen LogP contribution in [0.1, 0.15) is 0 Å². The van der Waals surface area contributed by atoms with E-state index in [-0.39, 0.29) is 5.56 Å². The van der Waals surface area contributed by atoms with Crippen LogP contribution in [0.5, 0.6) is 0 Å². The van der Waals surface area contributed by atoms with Gasteiger partial charge in [0.15, 0.2) is 0 Å². The molecule has 0 N–H and O–H groups in total. The zero-order chi connectivity index (χ0) is 13.9. The summed E-state index contributed by atoms with van der Waals surface area (Å²) in [5, 5.41) is 0. The van der Waals surface area contributed by atoms with Crippen LogP contribution in [-0.2, 0) is 7.05 Å². The molecule has 2 aromatic carbocycles. The van der Waals surface area contributed by atoms with E-state index in [9.17, 15) is 4.79 Å². The van der Waals surface area contributed by atoms with Gasteiger partial charge in [-0.2, -0.15) is 0 Å². The van der Waals surface area contributed by atoms with Gasteiger partial charge in [0.1, 0.15) is 0 Å². The summed E-state index contributed by atoms with van der Waals surface area (Å²) in [6.07, 6.45) is 1.90. The molecule has 0 atom stereocenters. The normalized spacial score (nSPS) is 10.4. The highest BCUT2D eigenvalue weighted by atomic mass is 16.1. The third-order valence-electron chi connectivity index (χ3n) is 3.40. The highest BCUT2D eigenvalue weighted by Gasteiger charge is 2.09. The zero-order valence-electron chi connectivity index (χ0n) is 11.3. The van der Waals surface area contributed by atoms with Gasteiger partial charge >= 0.3 is 0 Å². The summed E-state index contributed by atoms with van der Waals surface area (Å²) in [5.41, 5.74) is 4.22. The summed E-state index contributed by atoms with van der Waals surface area (Å²) in [7, 11) is 1.78. The van der Waals surface area contributed by atoms with Crippen LogP contribution in [0, 0.1) is 0 Å². The number of aryl methyl sites for hydroxylation is 1. The molecular formula is C18H15NO. The van der Waals surface area contributed by atoms with Gasteiger partial charge in [-0.3, -0.25) is 4.79 Å². The second-order valence-electron chi connectivity index (χ2n) is 4.78. The molecule has 0 radical (unpaired) electrons. The number of hydrogen-bond donors (Lipinski definition) is 0. The monoisotopic (exact) mass is 261 g/mol. The summed E-state index contributed by atoms with van der Waals surface area (Å²) in [6.45, 7) is 0. The first-order valence-corrected chi connectivity index (χ1v) is 6.57. The minimum atomic E-state index is 0.00327. The Morgan fingerprint density at radius 3 is 1.80 bits per heavy atom. The minimum Gasteiger partial charge on any atom is -0.318 e. The number of aromatic nitrogens is 1. The van der Waals surface area contributed by atoms with Crippen molar-refractivity contribution in [1.82, 2.24) is 4.57 Å². The molecule has 0 saturated heterocycles. The molecule has 20 heavy (non-hydrogen) atoms. The lowest BCUT2D eigenvalue weighted by Crippen LogP contribution is -2.15. The lowest BCUT2D eigenvalue weighted by atomic mass is 9.96. The van der Waals surface area contributed by atoms with Gasteiger partial charge in [0.05, 0.1) is 0 Å². The van der Waals surface area contributed by atoms with Gasteiger partial charge in [0.25, 0.3) is 5.56 Å². The van der Waals surface area contributed by atoms with Crippen LogP contribution in [-0.4, -0.2) is 4.57 Å². The predicted molar refractivity (Wildman–Crippen MR) is 82.6 cm³/mol. The molecule has 2 heteroatoms. The largest absolute Gasteiger partial charge is 0.318 e. The molecule has 1 aromatic heterocycles. The maximum absolute atomic E-state index is 12.0. The van der Waals surface area contributed by atoms with E-state index in [1.807, 2.05) is 54.7 Å². The van der Waals surface area contributed by atoms with E-state index >= 15 is 0 Å². The molecule has 3 aromatic rings. The molecule has 0 aliphatic carbocycles. The Labute approximate surface area is 118 Å². The molecule has 0 fully saturated rings. The molecule has 0 aliphatic heterocycles. The van der Waals surface area contributed by atoms with Crippen molar-refractivity contribution in [3.8, 4) is 22.3 Å². The first kappa shape index (κ1) is 12.4. The lowest BCUT2D eigenvalue weighted by molar-refractivity contribution is 0.863. The van der Waals surface area contributed by atoms with Crippen LogP contribution >= 0.6 is 0 Å². The topological polar surface area (TPSA) is 22.0 Å². The Hall–Kier alpha value is -2.61. The first-order valence-electron chi connectivity index (χ1n) is 6.57. The van der Waals surface area contributed by atoms with E-state index in [2.05, 4.69) is 12.1 Å². The maximum Gasteiger partial charge on any atom is 0.250 e. The maximum atomic E-state index is 12.0. The summed E-state index contributed by atoms with van der Waals surface area (Å²) in [6, 6.07) is 21.9. The van der Waals surface area contributed by atoms with E-state index in [4.69, 9.17) is 0 Å². The molecule has 0 unspecified atom stereocenters. The van der Waals surface area contributed by atoms with E-state index in [1.54, 1.807) is 17.7 Å². The average Bonchev–Trinajstić information content (AvgIpc) is 2.51. The predicted octanol–water partition coefficient (Wildman–Crippen LogP) is 3.72. The number of rotatable bonds is 2. The van der Waals surface area contributed by atoms with Crippen molar-refractivity contribution in [3.05, 3.63) is 83.3 Å². The van der Waals surface area contributed by atoms with Crippen molar-refractivity contribution in [2.75, 3.05) is 0 Å². The van der Waals surface area contributed by atoms with Crippen molar-refractivity contribution in [2.45, 2.75) is 0 Å². The Kier molecular flexibility index (Phi) is 3.21. The molecule has 1 heterocycles. The van der Waals surface area contributed by atoms with Crippen LogP contribution in [0.2, 0.25) is 0 Å². The van der Waals surface area contributed by atoms with E-state index in [1.165, 1.54) is 0 Å². The summed E-state index contributed by atoms with van der Waals surface area (Å²) in [4.78, 5) is 12.0. The van der Waals surface area contributed by atoms with Gasteiger partial charge < -0.3 is 4.57 Å². The second kappa shape index (κ2) is 5.17. The second-order valence-corrected chi connectivity index (χ2v) is 4.78. The number of benzene rings is 2. The fraction of sp³-hybridized carbons (Fsp3) is 0.0556. The third kappa shape index (κ3) is 2.28. The van der Waals surface area contributed by atoms with Crippen molar-refractivity contribution in [1.29, 1.82) is 0 Å². The van der Waals surface area contributed by atoms with E-state index in [0.717, 1.165) is 22.3 Å². The third-order valence-corrected chi connectivity index (χ3v) is 3.40. The Bertz CT molecular complexity index is 774. The molecule has 0 bridgehead atoms. The summed E-state index contributed by atoms with van der Waals surface area (Å²) >= 11 is 0. The van der Waals surface area contributed by atoms with Crippen LogP contribution in [0.15, 0.2) is 77.7 Å². The number of nitrogens with zero attached hydrogens (tertiary/aromatic N) is 1. The molecule has 2 nitrogen and oxygen atoms in total. The molecule has 0 saturated carbocycles. The van der Waals surface area contributed by atoms with Gasteiger partial charge in [0, 0.05) is 24.9 Å². The fourth-order valence-corrected chi connectivity index (χ4v) is 2.33. The molecule has 0 aliphatic rings. The Morgan fingerprint density at radius 1 is 0.750 bits per heavy atom. The first-order chi connectivity index (χ1) is 9.75. The summed E-state index contributed by atoms with van der Waals surface area (Å²) < 4.78 is 1.62. The van der Waals surface area contributed by atoms with E-state index < -0.39 is 0 Å². The highest BCUT2D eigenvalue weighted by molar-refractivity contribution is 5.82. The van der Waals surface area contributed by atoms with Crippen molar-refractivity contribution >= 4 is 0 Å². The molecule has 3 rings (SSSR count). The fourth-order valence-electron chi connectivity index (χ4n) is 2.33. The van der Waals surface area contributed by atoms with Gasteiger partial charge in [-0.25, -0.2) is 0 Å². The Balaban J connectivity index is 2.29. The van der Waals surface area contributed by atoms with Gasteiger partial charge in [0.2, 0.25) is 0 Å². The summed E-state index contributed by atoms with van der Waals surface area (Å²) in [5.74, 6) is 0. The molecular weight excluding hydrogens is 246 g/mol. The van der Waals surface area contributed by atoms with Crippen molar-refractivity contribution in [3.63, 3.8) is 0 Å².